The Morgan fingerprint density at radius 3 is 2.29 bits per heavy atom. The fourth-order valence-electron chi connectivity index (χ4n) is 2.21. The molecule has 4 heteroatoms. The van der Waals surface area contributed by atoms with Crippen molar-refractivity contribution in [2.24, 2.45) is 5.92 Å². The molecule has 1 aliphatic rings. The number of nitrogens with one attached hydrogen (secondary N) is 1. The quantitative estimate of drug-likeness (QED) is 0.811. The predicted octanol–water partition coefficient (Wildman–Crippen LogP) is 4.73. The van der Waals surface area contributed by atoms with Gasteiger partial charge in [0.25, 0.3) is 0 Å². The highest BCUT2D eigenvalue weighted by atomic mass is 79.9. The molecule has 0 heterocycles. The summed E-state index contributed by atoms with van der Waals surface area (Å²) in [4.78, 5) is 12.1. The number of amides is 1. The zero-order valence-electron chi connectivity index (χ0n) is 9.51. The van der Waals surface area contributed by atoms with E-state index in [2.05, 4.69) is 37.2 Å². The minimum Gasteiger partial charge on any atom is -0.324 e. The maximum Gasteiger partial charge on any atom is 0.227 e. The van der Waals surface area contributed by atoms with E-state index in [9.17, 15) is 4.79 Å². The molecule has 0 unspecified atom stereocenters. The third-order valence-electron chi connectivity index (χ3n) is 3.19. The maximum absolute atomic E-state index is 12.1. The number of benzene rings is 1. The first-order chi connectivity index (χ1) is 8.18. The highest BCUT2D eigenvalue weighted by Crippen LogP contribution is 2.32. The normalized spacial score (nSPS) is 16.8. The number of anilines is 1. The molecule has 2 nitrogen and oxygen atoms in total. The van der Waals surface area contributed by atoms with Crippen LogP contribution in [0.1, 0.15) is 32.1 Å². The first-order valence-electron chi connectivity index (χ1n) is 5.93. The van der Waals surface area contributed by atoms with Crippen molar-refractivity contribution < 1.29 is 4.79 Å². The largest absolute Gasteiger partial charge is 0.324 e. The maximum atomic E-state index is 12.1. The number of carbonyl (C=O) groups is 1. The van der Waals surface area contributed by atoms with Gasteiger partial charge in [-0.05, 0) is 56.8 Å². The van der Waals surface area contributed by atoms with E-state index >= 15 is 0 Å². The van der Waals surface area contributed by atoms with Crippen molar-refractivity contribution in [2.75, 3.05) is 5.32 Å². The number of carbonyl (C=O) groups excluding carboxylic acids is 1. The van der Waals surface area contributed by atoms with Gasteiger partial charge < -0.3 is 5.32 Å². The number of hydrogen-bond acceptors (Lipinski definition) is 1. The van der Waals surface area contributed by atoms with Gasteiger partial charge in [0.2, 0.25) is 5.91 Å². The fraction of sp³-hybridized carbons (Fsp3) is 0.462. The molecule has 0 atom stereocenters. The van der Waals surface area contributed by atoms with Crippen LogP contribution in [0.25, 0.3) is 0 Å². The molecule has 1 aliphatic carbocycles. The van der Waals surface area contributed by atoms with Crippen LogP contribution in [0.4, 0.5) is 5.69 Å². The van der Waals surface area contributed by atoms with Gasteiger partial charge in [-0.3, -0.25) is 4.79 Å². The van der Waals surface area contributed by atoms with E-state index < -0.39 is 0 Å². The van der Waals surface area contributed by atoms with Gasteiger partial charge in [-0.15, -0.1) is 0 Å². The summed E-state index contributed by atoms with van der Waals surface area (Å²) in [7, 11) is 0. The molecule has 0 aromatic heterocycles. The summed E-state index contributed by atoms with van der Waals surface area (Å²) in [5.74, 6) is 0.333. The topological polar surface area (TPSA) is 29.1 Å². The van der Waals surface area contributed by atoms with Crippen molar-refractivity contribution in [3.63, 3.8) is 0 Å². The predicted molar refractivity (Wildman–Crippen MR) is 77.0 cm³/mol. The van der Waals surface area contributed by atoms with Crippen LogP contribution in [0.3, 0.4) is 0 Å². The van der Waals surface area contributed by atoms with Crippen LogP contribution in [-0.2, 0) is 4.79 Å². The lowest BCUT2D eigenvalue weighted by atomic mass is 9.88. The Balaban J connectivity index is 2.07. The smallest absolute Gasteiger partial charge is 0.227 e. The number of halogens is 2. The zero-order chi connectivity index (χ0) is 12.3. The van der Waals surface area contributed by atoms with Crippen LogP contribution < -0.4 is 5.32 Å². The van der Waals surface area contributed by atoms with E-state index in [0.29, 0.717) is 0 Å². The summed E-state index contributed by atoms with van der Waals surface area (Å²) in [6.07, 6.45) is 5.66. The van der Waals surface area contributed by atoms with Crippen molar-refractivity contribution in [2.45, 2.75) is 32.1 Å². The first kappa shape index (κ1) is 13.1. The van der Waals surface area contributed by atoms with Crippen LogP contribution in [0.5, 0.6) is 0 Å². The summed E-state index contributed by atoms with van der Waals surface area (Å²) < 4.78 is 1.83. The van der Waals surface area contributed by atoms with E-state index in [-0.39, 0.29) is 11.8 Å². The van der Waals surface area contributed by atoms with Gasteiger partial charge in [-0.25, -0.2) is 0 Å². The second kappa shape index (κ2) is 6.01. The van der Waals surface area contributed by atoms with Gasteiger partial charge in [-0.2, -0.15) is 0 Å². The van der Waals surface area contributed by atoms with Gasteiger partial charge in [0.1, 0.15) is 0 Å². The lowest BCUT2D eigenvalue weighted by molar-refractivity contribution is -0.120. The van der Waals surface area contributed by atoms with Crippen molar-refractivity contribution in [3.05, 3.63) is 27.1 Å². The minimum absolute atomic E-state index is 0.150. The molecular weight excluding hydrogens is 346 g/mol. The van der Waals surface area contributed by atoms with E-state index in [4.69, 9.17) is 0 Å². The highest BCUT2D eigenvalue weighted by Gasteiger charge is 2.22. The number of para-hydroxylation sites is 1. The third kappa shape index (κ3) is 3.32. The van der Waals surface area contributed by atoms with E-state index in [1.807, 2.05) is 18.2 Å². The summed E-state index contributed by atoms with van der Waals surface area (Å²) >= 11 is 6.91. The molecule has 0 saturated heterocycles. The van der Waals surface area contributed by atoms with Crippen LogP contribution in [0.15, 0.2) is 27.1 Å². The Morgan fingerprint density at radius 2 is 1.71 bits per heavy atom. The second-order valence-corrected chi connectivity index (χ2v) is 6.13. The molecule has 0 bridgehead atoms. The molecule has 0 aliphatic heterocycles. The Kier molecular flexibility index (Phi) is 4.62. The number of rotatable bonds is 2. The lowest BCUT2D eigenvalue weighted by Gasteiger charge is -2.21. The van der Waals surface area contributed by atoms with Crippen LogP contribution in [0.2, 0.25) is 0 Å². The molecule has 92 valence electrons. The molecule has 1 aromatic carbocycles. The zero-order valence-corrected chi connectivity index (χ0v) is 12.7. The van der Waals surface area contributed by atoms with E-state index in [1.54, 1.807) is 0 Å². The first-order valence-corrected chi connectivity index (χ1v) is 7.52. The second-order valence-electron chi connectivity index (χ2n) is 4.42. The van der Waals surface area contributed by atoms with E-state index in [1.165, 1.54) is 19.3 Å². The lowest BCUT2D eigenvalue weighted by Crippen LogP contribution is -2.25. The van der Waals surface area contributed by atoms with Crippen LogP contribution >= 0.6 is 31.9 Å². The summed E-state index contributed by atoms with van der Waals surface area (Å²) in [6.45, 7) is 0. The third-order valence-corrected chi connectivity index (χ3v) is 4.51. The van der Waals surface area contributed by atoms with Crippen LogP contribution in [0, 0.1) is 5.92 Å². The Morgan fingerprint density at radius 1 is 1.12 bits per heavy atom. The van der Waals surface area contributed by atoms with Crippen molar-refractivity contribution in [1.82, 2.24) is 0 Å². The van der Waals surface area contributed by atoms with E-state index in [0.717, 1.165) is 27.5 Å². The molecule has 1 fully saturated rings. The fourth-order valence-corrected chi connectivity index (χ4v) is 3.40. The number of hydrogen-bond donors (Lipinski definition) is 1. The average Bonchev–Trinajstić information content (AvgIpc) is 2.35. The highest BCUT2D eigenvalue weighted by molar-refractivity contribution is 9.11. The Labute approximate surface area is 118 Å². The molecule has 17 heavy (non-hydrogen) atoms. The van der Waals surface area contributed by atoms with Gasteiger partial charge >= 0.3 is 0 Å². The minimum atomic E-state index is 0.150. The molecule has 0 radical (unpaired) electrons. The molecule has 1 saturated carbocycles. The van der Waals surface area contributed by atoms with Gasteiger partial charge in [0.15, 0.2) is 0 Å². The summed E-state index contributed by atoms with van der Waals surface area (Å²) in [6, 6.07) is 5.80. The standard InChI is InChI=1S/C13H15Br2NO/c14-10-7-4-8-11(15)12(10)16-13(17)9-5-2-1-3-6-9/h4,7-9H,1-3,5-6H2,(H,16,17). The van der Waals surface area contributed by atoms with Crippen molar-refractivity contribution >= 4 is 43.5 Å². The monoisotopic (exact) mass is 359 g/mol. The Bertz CT molecular complexity index is 394. The average molecular weight is 361 g/mol. The van der Waals surface area contributed by atoms with Crippen LogP contribution in [-0.4, -0.2) is 5.91 Å². The van der Waals surface area contributed by atoms with Crippen molar-refractivity contribution in [1.29, 1.82) is 0 Å². The molecule has 2 rings (SSSR count). The van der Waals surface area contributed by atoms with Gasteiger partial charge in [-0.1, -0.05) is 25.3 Å². The summed E-state index contributed by atoms with van der Waals surface area (Å²) in [5.41, 5.74) is 0.836. The summed E-state index contributed by atoms with van der Waals surface area (Å²) in [5, 5.41) is 3.02. The van der Waals surface area contributed by atoms with Gasteiger partial charge in [0.05, 0.1) is 5.69 Å². The van der Waals surface area contributed by atoms with Gasteiger partial charge in [0, 0.05) is 14.9 Å². The molecule has 1 amide bonds. The molecular formula is C13H15Br2NO. The molecule has 1 aromatic rings. The molecule has 1 N–H and O–H groups in total. The SMILES string of the molecule is O=C(Nc1c(Br)cccc1Br)C1CCCCC1. The Hall–Kier alpha value is -0.350. The molecule has 0 spiro atoms. The van der Waals surface area contributed by atoms with Crippen molar-refractivity contribution in [3.8, 4) is 0 Å².